The molecule has 1 aromatic carbocycles. The van der Waals surface area contributed by atoms with Crippen molar-refractivity contribution in [2.75, 3.05) is 13.1 Å². The van der Waals surface area contributed by atoms with Crippen molar-refractivity contribution in [2.24, 2.45) is 0 Å². The minimum atomic E-state index is -0.963. The summed E-state index contributed by atoms with van der Waals surface area (Å²) in [6.45, 7) is 3.41. The monoisotopic (exact) mass is 259 g/mol. The Balaban J connectivity index is 2.14. The first-order valence-corrected chi connectivity index (χ1v) is 6.39. The first-order valence-electron chi connectivity index (χ1n) is 6.39. The molecule has 0 aromatic heterocycles. The number of carbonyl (C=O) groups is 2. The fourth-order valence-corrected chi connectivity index (χ4v) is 2.25. The van der Waals surface area contributed by atoms with Crippen LogP contribution in [-0.4, -0.2) is 35.0 Å². The third-order valence-electron chi connectivity index (χ3n) is 3.32. The van der Waals surface area contributed by atoms with E-state index >= 15 is 0 Å². The zero-order valence-corrected chi connectivity index (χ0v) is 10.9. The minimum absolute atomic E-state index is 0.0592. The molecule has 0 unspecified atom stereocenters. The number of carboxylic acid groups (broad SMARTS) is 1. The van der Waals surface area contributed by atoms with E-state index in [-0.39, 0.29) is 5.91 Å². The Hall–Kier alpha value is -2.10. The molecule has 1 N–H and O–H groups in total. The number of carbonyl (C=O) groups excluding carboxylic acids is 1. The number of likely N-dealkylation sites (tertiary alicyclic amines) is 1. The molecule has 1 heterocycles. The second kappa shape index (κ2) is 5.69. The maximum absolute atomic E-state index is 12.1. The van der Waals surface area contributed by atoms with E-state index in [1.165, 1.54) is 0 Å². The van der Waals surface area contributed by atoms with E-state index in [9.17, 15) is 9.59 Å². The summed E-state index contributed by atoms with van der Waals surface area (Å²) < 4.78 is 0. The fraction of sp³-hybridized carbons (Fsp3) is 0.333. The van der Waals surface area contributed by atoms with E-state index in [2.05, 4.69) is 0 Å². The Kier molecular flexibility index (Phi) is 4.00. The summed E-state index contributed by atoms with van der Waals surface area (Å²) in [5.41, 5.74) is 2.15. The van der Waals surface area contributed by atoms with Gasteiger partial charge in [-0.3, -0.25) is 4.79 Å². The average Bonchev–Trinajstić information content (AvgIpc) is 2.91. The average molecular weight is 259 g/mol. The lowest BCUT2D eigenvalue weighted by Crippen LogP contribution is -2.27. The molecule has 4 nitrogen and oxygen atoms in total. The van der Waals surface area contributed by atoms with Gasteiger partial charge in [0.2, 0.25) is 0 Å². The van der Waals surface area contributed by atoms with Gasteiger partial charge < -0.3 is 10.0 Å². The Morgan fingerprint density at radius 2 is 1.63 bits per heavy atom. The summed E-state index contributed by atoms with van der Waals surface area (Å²) in [7, 11) is 0. The molecule has 0 radical (unpaired) electrons. The van der Waals surface area contributed by atoms with Crippen LogP contribution in [0, 0.1) is 0 Å². The van der Waals surface area contributed by atoms with Gasteiger partial charge in [-0.15, -0.1) is 0 Å². The van der Waals surface area contributed by atoms with Crippen LogP contribution in [0.5, 0.6) is 0 Å². The van der Waals surface area contributed by atoms with Crippen LogP contribution in [0.15, 0.2) is 30.3 Å². The third kappa shape index (κ3) is 3.22. The Labute approximate surface area is 112 Å². The highest BCUT2D eigenvalue weighted by Gasteiger charge is 2.19. The normalized spacial score (nSPS) is 15.6. The van der Waals surface area contributed by atoms with Crippen LogP contribution in [0.25, 0.3) is 5.57 Å². The molecule has 1 fully saturated rings. The molecule has 1 aromatic rings. The number of rotatable bonds is 3. The summed E-state index contributed by atoms with van der Waals surface area (Å²) in [5.74, 6) is -0.904. The van der Waals surface area contributed by atoms with Gasteiger partial charge in [0.25, 0.3) is 5.91 Å². The number of carboxylic acids is 1. The molecule has 4 heteroatoms. The van der Waals surface area contributed by atoms with E-state index in [1.807, 2.05) is 4.90 Å². The highest BCUT2D eigenvalue weighted by molar-refractivity contribution is 5.95. The summed E-state index contributed by atoms with van der Waals surface area (Å²) in [6.07, 6.45) is 3.31. The van der Waals surface area contributed by atoms with Crippen molar-refractivity contribution in [3.63, 3.8) is 0 Å². The number of aliphatic carboxylic acids is 1. The van der Waals surface area contributed by atoms with Crippen LogP contribution >= 0.6 is 0 Å². The van der Waals surface area contributed by atoms with Crippen molar-refractivity contribution in [2.45, 2.75) is 19.8 Å². The molecular formula is C15H17NO3. The van der Waals surface area contributed by atoms with Gasteiger partial charge in [-0.25, -0.2) is 4.79 Å². The van der Waals surface area contributed by atoms with Crippen LogP contribution < -0.4 is 0 Å². The van der Waals surface area contributed by atoms with Gasteiger partial charge >= 0.3 is 5.97 Å². The van der Waals surface area contributed by atoms with E-state index in [0.29, 0.717) is 11.1 Å². The largest absolute Gasteiger partial charge is 0.478 e. The smallest absolute Gasteiger partial charge is 0.328 e. The quantitative estimate of drug-likeness (QED) is 0.848. The van der Waals surface area contributed by atoms with Gasteiger partial charge in [-0.05, 0) is 43.0 Å². The van der Waals surface area contributed by atoms with Crippen molar-refractivity contribution in [3.8, 4) is 0 Å². The Morgan fingerprint density at radius 1 is 1.11 bits per heavy atom. The predicted molar refractivity (Wildman–Crippen MR) is 72.9 cm³/mol. The minimum Gasteiger partial charge on any atom is -0.478 e. The predicted octanol–water partition coefficient (Wildman–Crippen LogP) is 2.41. The third-order valence-corrected chi connectivity index (χ3v) is 3.32. The molecule has 100 valence electrons. The van der Waals surface area contributed by atoms with Gasteiger partial charge in [0.05, 0.1) is 0 Å². The van der Waals surface area contributed by atoms with Crippen molar-refractivity contribution in [3.05, 3.63) is 41.5 Å². The molecule has 0 atom stereocenters. The Bertz CT molecular complexity index is 511. The fourth-order valence-electron chi connectivity index (χ4n) is 2.25. The van der Waals surface area contributed by atoms with Crippen LogP contribution in [0.2, 0.25) is 0 Å². The van der Waals surface area contributed by atoms with Crippen LogP contribution in [0.3, 0.4) is 0 Å². The van der Waals surface area contributed by atoms with Crippen molar-refractivity contribution in [1.29, 1.82) is 0 Å². The van der Waals surface area contributed by atoms with E-state index in [1.54, 1.807) is 31.2 Å². The van der Waals surface area contributed by atoms with Crippen molar-refractivity contribution in [1.82, 2.24) is 4.90 Å². The second-order valence-electron chi connectivity index (χ2n) is 4.74. The highest BCUT2D eigenvalue weighted by atomic mass is 16.4. The first-order chi connectivity index (χ1) is 9.08. The van der Waals surface area contributed by atoms with Gasteiger partial charge in [0.1, 0.15) is 0 Å². The molecule has 19 heavy (non-hydrogen) atoms. The molecular weight excluding hydrogens is 242 g/mol. The highest BCUT2D eigenvalue weighted by Crippen LogP contribution is 2.17. The lowest BCUT2D eigenvalue weighted by atomic mass is 10.0. The summed E-state index contributed by atoms with van der Waals surface area (Å²) in [6, 6.07) is 7.10. The van der Waals surface area contributed by atoms with Gasteiger partial charge in [0, 0.05) is 24.7 Å². The molecule has 0 aliphatic carbocycles. The topological polar surface area (TPSA) is 57.6 Å². The molecule has 0 spiro atoms. The number of nitrogens with zero attached hydrogens (tertiary/aromatic N) is 1. The number of allylic oxidation sites excluding steroid dienone is 1. The molecule has 0 bridgehead atoms. The van der Waals surface area contributed by atoms with Crippen molar-refractivity contribution < 1.29 is 14.7 Å². The van der Waals surface area contributed by atoms with Gasteiger partial charge in [-0.2, -0.15) is 0 Å². The molecule has 1 aliphatic heterocycles. The first kappa shape index (κ1) is 13.3. The van der Waals surface area contributed by atoms with Gasteiger partial charge in [0.15, 0.2) is 0 Å². The molecule has 1 aliphatic rings. The standard InChI is InChI=1S/C15H17NO3/c1-11(10-14(17)18)12-4-6-13(7-5-12)15(19)16-8-2-3-9-16/h4-7,10H,2-3,8-9H2,1H3,(H,17,18)/b11-10+. The van der Waals surface area contributed by atoms with E-state index < -0.39 is 5.97 Å². The number of hydrogen-bond donors (Lipinski definition) is 1. The SMILES string of the molecule is C/C(=C\C(=O)O)c1ccc(C(=O)N2CCCC2)cc1. The summed E-state index contributed by atoms with van der Waals surface area (Å²) >= 11 is 0. The van der Waals surface area contributed by atoms with Crippen molar-refractivity contribution >= 4 is 17.4 Å². The Morgan fingerprint density at radius 3 is 2.16 bits per heavy atom. The lowest BCUT2D eigenvalue weighted by molar-refractivity contribution is -0.131. The summed E-state index contributed by atoms with van der Waals surface area (Å²) in [4.78, 5) is 24.6. The number of amides is 1. The van der Waals surface area contributed by atoms with Gasteiger partial charge in [-0.1, -0.05) is 12.1 Å². The zero-order valence-electron chi connectivity index (χ0n) is 10.9. The van der Waals surface area contributed by atoms with Crippen LogP contribution in [0.1, 0.15) is 35.7 Å². The molecule has 1 amide bonds. The molecule has 0 saturated carbocycles. The molecule has 2 rings (SSSR count). The maximum Gasteiger partial charge on any atom is 0.328 e. The second-order valence-corrected chi connectivity index (χ2v) is 4.74. The number of hydrogen-bond acceptors (Lipinski definition) is 2. The number of benzene rings is 1. The lowest BCUT2D eigenvalue weighted by Gasteiger charge is -2.15. The van der Waals surface area contributed by atoms with E-state index in [4.69, 9.17) is 5.11 Å². The summed E-state index contributed by atoms with van der Waals surface area (Å²) in [5, 5.41) is 8.69. The van der Waals surface area contributed by atoms with Crippen LogP contribution in [0.4, 0.5) is 0 Å². The van der Waals surface area contributed by atoms with Crippen LogP contribution in [-0.2, 0) is 4.79 Å². The maximum atomic E-state index is 12.1. The van der Waals surface area contributed by atoms with E-state index in [0.717, 1.165) is 37.6 Å². The zero-order chi connectivity index (χ0) is 13.8. The molecule has 1 saturated heterocycles.